The van der Waals surface area contributed by atoms with Crippen LogP contribution >= 0.6 is 0 Å². The van der Waals surface area contributed by atoms with Crippen LogP contribution in [-0.4, -0.2) is 18.5 Å². The van der Waals surface area contributed by atoms with Gasteiger partial charge in [-0.15, -0.1) is 0 Å². The highest BCUT2D eigenvalue weighted by molar-refractivity contribution is 5.75. The van der Waals surface area contributed by atoms with Crippen molar-refractivity contribution in [1.82, 2.24) is 5.32 Å². The summed E-state index contributed by atoms with van der Waals surface area (Å²) in [5, 5.41) is 3.33. The molecule has 1 rings (SSSR count). The van der Waals surface area contributed by atoms with Gasteiger partial charge in [-0.2, -0.15) is 0 Å². The summed E-state index contributed by atoms with van der Waals surface area (Å²) in [5.74, 6) is 1.00. The van der Waals surface area contributed by atoms with E-state index in [1.165, 1.54) is 12.8 Å². The smallest absolute Gasteiger partial charge is 0.219 e. The van der Waals surface area contributed by atoms with Crippen molar-refractivity contribution < 1.29 is 4.79 Å². The van der Waals surface area contributed by atoms with E-state index in [9.17, 15) is 4.79 Å². The maximum absolute atomic E-state index is 11.1. The van der Waals surface area contributed by atoms with Crippen LogP contribution in [0.1, 0.15) is 39.5 Å². The lowest BCUT2D eigenvalue weighted by atomic mass is 9.67. The second kappa shape index (κ2) is 4.30. The van der Waals surface area contributed by atoms with Crippen LogP contribution in [-0.2, 0) is 4.79 Å². The molecule has 0 spiro atoms. The summed E-state index contributed by atoms with van der Waals surface area (Å²) in [4.78, 5) is 11.1. The van der Waals surface area contributed by atoms with Gasteiger partial charge in [0, 0.05) is 12.0 Å². The van der Waals surface area contributed by atoms with Gasteiger partial charge in [-0.25, -0.2) is 0 Å². The predicted molar refractivity (Wildman–Crippen MR) is 57.8 cm³/mol. The van der Waals surface area contributed by atoms with Gasteiger partial charge in [0.25, 0.3) is 0 Å². The standard InChI is InChI=1S/C11H22N2O/c1-8-5-4-6-11(13-3,9(8)2)7-10(12)14/h8-9,13H,4-7H2,1-3H3,(H2,12,14). The van der Waals surface area contributed by atoms with Gasteiger partial charge in [-0.1, -0.05) is 26.7 Å². The maximum atomic E-state index is 11.1. The summed E-state index contributed by atoms with van der Waals surface area (Å²) >= 11 is 0. The number of nitrogens with one attached hydrogen (secondary N) is 1. The van der Waals surface area contributed by atoms with Crippen LogP contribution in [0.5, 0.6) is 0 Å². The zero-order chi connectivity index (χ0) is 10.8. The molecule has 0 aromatic carbocycles. The van der Waals surface area contributed by atoms with E-state index in [2.05, 4.69) is 19.2 Å². The number of nitrogens with two attached hydrogens (primary N) is 1. The molecule has 1 saturated carbocycles. The van der Waals surface area contributed by atoms with Gasteiger partial charge in [0.05, 0.1) is 0 Å². The van der Waals surface area contributed by atoms with Crippen molar-refractivity contribution in [2.75, 3.05) is 7.05 Å². The third-order valence-electron chi connectivity index (χ3n) is 4.00. The zero-order valence-electron chi connectivity index (χ0n) is 9.47. The Morgan fingerprint density at radius 1 is 1.57 bits per heavy atom. The highest BCUT2D eigenvalue weighted by Gasteiger charge is 2.41. The average molecular weight is 198 g/mol. The van der Waals surface area contributed by atoms with E-state index in [1.807, 2.05) is 7.05 Å². The van der Waals surface area contributed by atoms with Gasteiger partial charge in [0.15, 0.2) is 0 Å². The molecule has 0 bridgehead atoms. The molecule has 1 aliphatic carbocycles. The number of hydrogen-bond acceptors (Lipinski definition) is 2. The lowest BCUT2D eigenvalue weighted by molar-refractivity contribution is -0.120. The van der Waals surface area contributed by atoms with E-state index in [1.54, 1.807) is 0 Å². The molecule has 3 unspecified atom stereocenters. The minimum Gasteiger partial charge on any atom is -0.370 e. The topological polar surface area (TPSA) is 55.1 Å². The first kappa shape index (κ1) is 11.5. The van der Waals surface area contributed by atoms with Crippen LogP contribution < -0.4 is 11.1 Å². The largest absolute Gasteiger partial charge is 0.370 e. The number of carbonyl (C=O) groups excluding carboxylic acids is 1. The Morgan fingerprint density at radius 3 is 2.71 bits per heavy atom. The molecule has 82 valence electrons. The Balaban J connectivity index is 2.79. The van der Waals surface area contributed by atoms with E-state index in [-0.39, 0.29) is 11.4 Å². The lowest BCUT2D eigenvalue weighted by Gasteiger charge is -2.45. The van der Waals surface area contributed by atoms with Crippen molar-refractivity contribution in [2.45, 2.75) is 45.1 Å². The molecule has 0 aromatic rings. The van der Waals surface area contributed by atoms with Gasteiger partial charge >= 0.3 is 0 Å². The van der Waals surface area contributed by atoms with E-state index in [0.29, 0.717) is 18.3 Å². The van der Waals surface area contributed by atoms with Crippen LogP contribution in [0.4, 0.5) is 0 Å². The molecule has 14 heavy (non-hydrogen) atoms. The molecule has 0 heterocycles. The van der Waals surface area contributed by atoms with Crippen molar-refractivity contribution in [1.29, 1.82) is 0 Å². The van der Waals surface area contributed by atoms with Crippen LogP contribution in [0.3, 0.4) is 0 Å². The van der Waals surface area contributed by atoms with E-state index in [4.69, 9.17) is 5.73 Å². The summed E-state index contributed by atoms with van der Waals surface area (Å²) in [7, 11) is 1.94. The van der Waals surface area contributed by atoms with Crippen LogP contribution in [0, 0.1) is 11.8 Å². The molecule has 3 heteroatoms. The SMILES string of the molecule is CNC1(CC(N)=O)CCCC(C)C1C. The summed E-state index contributed by atoms with van der Waals surface area (Å²) < 4.78 is 0. The second-order valence-corrected chi connectivity index (χ2v) is 4.71. The maximum Gasteiger partial charge on any atom is 0.219 e. The van der Waals surface area contributed by atoms with Crippen molar-refractivity contribution in [3.05, 3.63) is 0 Å². The van der Waals surface area contributed by atoms with Crippen molar-refractivity contribution in [3.8, 4) is 0 Å². The normalized spacial score (nSPS) is 38.2. The van der Waals surface area contributed by atoms with Crippen molar-refractivity contribution in [2.24, 2.45) is 17.6 Å². The number of primary amides is 1. The van der Waals surface area contributed by atoms with Gasteiger partial charge in [-0.05, 0) is 25.3 Å². The summed E-state index contributed by atoms with van der Waals surface area (Å²) in [6.45, 7) is 4.49. The summed E-state index contributed by atoms with van der Waals surface area (Å²) in [6, 6.07) is 0. The Morgan fingerprint density at radius 2 is 2.21 bits per heavy atom. The van der Waals surface area contributed by atoms with Gasteiger partial charge in [0.2, 0.25) is 5.91 Å². The fourth-order valence-corrected chi connectivity index (χ4v) is 2.76. The molecule has 0 radical (unpaired) electrons. The highest BCUT2D eigenvalue weighted by atomic mass is 16.1. The van der Waals surface area contributed by atoms with Crippen molar-refractivity contribution >= 4 is 5.91 Å². The van der Waals surface area contributed by atoms with Crippen LogP contribution in [0.15, 0.2) is 0 Å². The summed E-state index contributed by atoms with van der Waals surface area (Å²) in [6.07, 6.45) is 4.00. The summed E-state index contributed by atoms with van der Waals surface area (Å²) in [5.41, 5.74) is 5.26. The minimum atomic E-state index is -0.194. The van der Waals surface area contributed by atoms with Crippen LogP contribution in [0.25, 0.3) is 0 Å². The number of amides is 1. The monoisotopic (exact) mass is 198 g/mol. The average Bonchev–Trinajstić information content (AvgIpc) is 2.12. The van der Waals surface area contributed by atoms with Gasteiger partial charge in [0.1, 0.15) is 0 Å². The van der Waals surface area contributed by atoms with E-state index < -0.39 is 0 Å². The zero-order valence-corrected chi connectivity index (χ0v) is 9.47. The molecule has 1 aliphatic rings. The second-order valence-electron chi connectivity index (χ2n) is 4.71. The number of carbonyl (C=O) groups is 1. The fraction of sp³-hybridized carbons (Fsp3) is 0.909. The van der Waals surface area contributed by atoms with E-state index >= 15 is 0 Å². The Kier molecular flexibility index (Phi) is 3.53. The third kappa shape index (κ3) is 2.08. The molecule has 0 aliphatic heterocycles. The van der Waals surface area contributed by atoms with Crippen LogP contribution in [0.2, 0.25) is 0 Å². The first-order chi connectivity index (χ1) is 6.52. The minimum absolute atomic E-state index is 0.0521. The third-order valence-corrected chi connectivity index (χ3v) is 4.00. The molecule has 3 N–H and O–H groups in total. The lowest BCUT2D eigenvalue weighted by Crippen LogP contribution is -2.54. The fourth-order valence-electron chi connectivity index (χ4n) is 2.76. The van der Waals surface area contributed by atoms with Gasteiger partial charge < -0.3 is 11.1 Å². The first-order valence-corrected chi connectivity index (χ1v) is 5.49. The van der Waals surface area contributed by atoms with Gasteiger partial charge in [-0.3, -0.25) is 4.79 Å². The number of hydrogen-bond donors (Lipinski definition) is 2. The Bertz CT molecular complexity index is 217. The molecule has 1 amide bonds. The molecule has 0 aromatic heterocycles. The quantitative estimate of drug-likeness (QED) is 0.717. The molecule has 3 nitrogen and oxygen atoms in total. The Hall–Kier alpha value is -0.570. The first-order valence-electron chi connectivity index (χ1n) is 5.49. The molecule has 1 fully saturated rings. The van der Waals surface area contributed by atoms with E-state index in [0.717, 1.165) is 6.42 Å². The number of rotatable bonds is 3. The molecule has 3 atom stereocenters. The highest BCUT2D eigenvalue weighted by Crippen LogP contribution is 2.39. The van der Waals surface area contributed by atoms with Crippen molar-refractivity contribution in [3.63, 3.8) is 0 Å². The predicted octanol–water partition coefficient (Wildman–Crippen LogP) is 1.28. The molecular formula is C11H22N2O. The molecular weight excluding hydrogens is 176 g/mol. The Labute approximate surface area is 86.4 Å². The molecule has 0 saturated heterocycles.